The maximum atomic E-state index is 11.2. The SMILES string of the molecule is CC(C)(C)OCC(C)(NC1CC1)C(=O)O. The molecule has 88 valence electrons. The quantitative estimate of drug-likeness (QED) is 0.727. The highest BCUT2D eigenvalue weighted by Crippen LogP contribution is 2.23. The summed E-state index contributed by atoms with van der Waals surface area (Å²) >= 11 is 0. The van der Waals surface area contributed by atoms with Crippen molar-refractivity contribution in [2.24, 2.45) is 0 Å². The van der Waals surface area contributed by atoms with Crippen molar-refractivity contribution in [2.75, 3.05) is 6.61 Å². The van der Waals surface area contributed by atoms with E-state index in [1.54, 1.807) is 6.92 Å². The van der Waals surface area contributed by atoms with Gasteiger partial charge in [-0.05, 0) is 40.5 Å². The summed E-state index contributed by atoms with van der Waals surface area (Å²) in [5.41, 5.74) is -1.27. The van der Waals surface area contributed by atoms with Crippen LogP contribution in [0, 0.1) is 0 Å². The third-order valence-corrected chi connectivity index (χ3v) is 2.37. The standard InChI is InChI=1S/C11H21NO3/c1-10(2,3)15-7-11(4,9(13)14)12-8-5-6-8/h8,12H,5-7H2,1-4H3,(H,13,14). The minimum Gasteiger partial charge on any atom is -0.480 e. The fourth-order valence-corrected chi connectivity index (χ4v) is 1.20. The number of carboxylic acid groups (broad SMARTS) is 1. The van der Waals surface area contributed by atoms with Crippen LogP contribution in [0.15, 0.2) is 0 Å². The smallest absolute Gasteiger partial charge is 0.326 e. The first kappa shape index (κ1) is 12.5. The number of carboxylic acids is 1. The predicted octanol–water partition coefficient (Wildman–Crippen LogP) is 1.40. The van der Waals surface area contributed by atoms with Crippen LogP contribution in [0.5, 0.6) is 0 Å². The monoisotopic (exact) mass is 215 g/mol. The second-order valence-electron chi connectivity index (χ2n) is 5.46. The zero-order chi connectivity index (χ0) is 11.7. The molecule has 1 unspecified atom stereocenters. The van der Waals surface area contributed by atoms with E-state index in [4.69, 9.17) is 9.84 Å². The van der Waals surface area contributed by atoms with E-state index in [1.807, 2.05) is 20.8 Å². The van der Waals surface area contributed by atoms with Gasteiger partial charge in [0.1, 0.15) is 5.54 Å². The number of rotatable bonds is 5. The highest BCUT2D eigenvalue weighted by molar-refractivity contribution is 5.78. The van der Waals surface area contributed by atoms with E-state index in [0.717, 1.165) is 12.8 Å². The molecule has 0 aliphatic heterocycles. The first-order valence-corrected chi connectivity index (χ1v) is 5.38. The van der Waals surface area contributed by atoms with Crippen molar-refractivity contribution >= 4 is 5.97 Å². The summed E-state index contributed by atoms with van der Waals surface area (Å²) in [6.45, 7) is 7.65. The average molecular weight is 215 g/mol. The molecule has 0 aromatic carbocycles. The summed E-state index contributed by atoms with van der Waals surface area (Å²) in [6, 6.07) is 0.356. The molecule has 1 aliphatic carbocycles. The van der Waals surface area contributed by atoms with Gasteiger partial charge in [-0.1, -0.05) is 0 Å². The second-order valence-corrected chi connectivity index (χ2v) is 5.46. The molecule has 0 amide bonds. The van der Waals surface area contributed by atoms with Crippen molar-refractivity contribution < 1.29 is 14.6 Å². The topological polar surface area (TPSA) is 58.6 Å². The maximum Gasteiger partial charge on any atom is 0.326 e. The Morgan fingerprint density at radius 1 is 1.40 bits per heavy atom. The van der Waals surface area contributed by atoms with Crippen LogP contribution in [-0.2, 0) is 9.53 Å². The molecule has 0 spiro atoms. The molecule has 0 aromatic heterocycles. The first-order valence-electron chi connectivity index (χ1n) is 5.38. The van der Waals surface area contributed by atoms with Gasteiger partial charge in [-0.25, -0.2) is 0 Å². The van der Waals surface area contributed by atoms with Gasteiger partial charge < -0.3 is 9.84 Å². The molecule has 0 saturated heterocycles. The van der Waals surface area contributed by atoms with E-state index < -0.39 is 11.5 Å². The van der Waals surface area contributed by atoms with Gasteiger partial charge in [0.2, 0.25) is 0 Å². The van der Waals surface area contributed by atoms with Gasteiger partial charge in [0.15, 0.2) is 0 Å². The molecule has 0 heterocycles. The molecule has 1 aliphatic rings. The van der Waals surface area contributed by atoms with Crippen LogP contribution in [-0.4, -0.2) is 34.9 Å². The van der Waals surface area contributed by atoms with Gasteiger partial charge in [0, 0.05) is 6.04 Å². The third kappa shape index (κ3) is 4.18. The lowest BCUT2D eigenvalue weighted by Crippen LogP contribution is -2.55. The van der Waals surface area contributed by atoms with Gasteiger partial charge in [-0.15, -0.1) is 0 Å². The van der Waals surface area contributed by atoms with Crippen LogP contribution in [0.3, 0.4) is 0 Å². The van der Waals surface area contributed by atoms with Gasteiger partial charge in [-0.3, -0.25) is 10.1 Å². The largest absolute Gasteiger partial charge is 0.480 e. The fraction of sp³-hybridized carbons (Fsp3) is 0.909. The summed E-state index contributed by atoms with van der Waals surface area (Å²) < 4.78 is 5.54. The Hall–Kier alpha value is -0.610. The molecule has 1 fully saturated rings. The van der Waals surface area contributed by atoms with Crippen molar-refractivity contribution in [1.82, 2.24) is 5.32 Å². The Bertz CT molecular complexity index is 243. The van der Waals surface area contributed by atoms with E-state index in [1.165, 1.54) is 0 Å². The summed E-state index contributed by atoms with van der Waals surface area (Å²) in [5.74, 6) is -0.848. The Kier molecular flexibility index (Phi) is 3.41. The molecule has 0 radical (unpaired) electrons. The number of carbonyl (C=O) groups is 1. The Balaban J connectivity index is 2.52. The molecule has 15 heavy (non-hydrogen) atoms. The lowest BCUT2D eigenvalue weighted by Gasteiger charge is -2.30. The van der Waals surface area contributed by atoms with Gasteiger partial charge in [0.05, 0.1) is 12.2 Å². The van der Waals surface area contributed by atoms with Gasteiger partial charge >= 0.3 is 5.97 Å². The summed E-state index contributed by atoms with van der Waals surface area (Å²) in [4.78, 5) is 11.2. The first-order chi connectivity index (χ1) is 6.73. The summed E-state index contributed by atoms with van der Waals surface area (Å²) in [6.07, 6.45) is 2.14. The minimum atomic E-state index is -0.964. The van der Waals surface area contributed by atoms with Crippen molar-refractivity contribution in [2.45, 2.75) is 57.7 Å². The van der Waals surface area contributed by atoms with Crippen LogP contribution in [0.4, 0.5) is 0 Å². The predicted molar refractivity (Wildman–Crippen MR) is 57.9 cm³/mol. The van der Waals surface area contributed by atoms with E-state index in [-0.39, 0.29) is 12.2 Å². The maximum absolute atomic E-state index is 11.2. The lowest BCUT2D eigenvalue weighted by atomic mass is 10.0. The van der Waals surface area contributed by atoms with Gasteiger partial charge in [-0.2, -0.15) is 0 Å². The molecule has 4 heteroatoms. The van der Waals surface area contributed by atoms with E-state index in [0.29, 0.717) is 6.04 Å². The van der Waals surface area contributed by atoms with Crippen LogP contribution in [0.2, 0.25) is 0 Å². The molecule has 1 rings (SSSR count). The zero-order valence-electron chi connectivity index (χ0n) is 9.96. The Morgan fingerprint density at radius 2 is 1.93 bits per heavy atom. The summed E-state index contributed by atoms with van der Waals surface area (Å²) in [7, 11) is 0. The van der Waals surface area contributed by atoms with E-state index in [2.05, 4.69) is 5.32 Å². The molecular weight excluding hydrogens is 194 g/mol. The van der Waals surface area contributed by atoms with Crippen molar-refractivity contribution in [3.63, 3.8) is 0 Å². The number of aliphatic carboxylic acids is 1. The van der Waals surface area contributed by atoms with Crippen molar-refractivity contribution in [3.05, 3.63) is 0 Å². The van der Waals surface area contributed by atoms with Crippen LogP contribution in [0.25, 0.3) is 0 Å². The molecule has 1 atom stereocenters. The van der Waals surface area contributed by atoms with E-state index >= 15 is 0 Å². The lowest BCUT2D eigenvalue weighted by molar-refractivity contribution is -0.149. The average Bonchev–Trinajstić information content (AvgIpc) is 2.83. The Labute approximate surface area is 91.0 Å². The molecule has 2 N–H and O–H groups in total. The third-order valence-electron chi connectivity index (χ3n) is 2.37. The fourth-order valence-electron chi connectivity index (χ4n) is 1.20. The number of ether oxygens (including phenoxy) is 1. The number of hydrogen-bond acceptors (Lipinski definition) is 3. The zero-order valence-corrected chi connectivity index (χ0v) is 9.96. The van der Waals surface area contributed by atoms with Crippen molar-refractivity contribution in [3.8, 4) is 0 Å². The molecule has 0 bridgehead atoms. The highest BCUT2D eigenvalue weighted by Gasteiger charge is 2.39. The highest BCUT2D eigenvalue weighted by atomic mass is 16.5. The molecular formula is C11H21NO3. The number of nitrogens with one attached hydrogen (secondary N) is 1. The normalized spacial score (nSPS) is 21.1. The molecule has 4 nitrogen and oxygen atoms in total. The van der Waals surface area contributed by atoms with Crippen LogP contribution >= 0.6 is 0 Å². The number of hydrogen-bond donors (Lipinski definition) is 2. The van der Waals surface area contributed by atoms with Crippen molar-refractivity contribution in [1.29, 1.82) is 0 Å². The van der Waals surface area contributed by atoms with E-state index in [9.17, 15) is 4.79 Å². The Morgan fingerprint density at radius 3 is 2.27 bits per heavy atom. The van der Waals surface area contributed by atoms with Gasteiger partial charge in [0.25, 0.3) is 0 Å². The second kappa shape index (κ2) is 4.10. The van der Waals surface area contributed by atoms with Crippen LogP contribution in [0.1, 0.15) is 40.5 Å². The molecule has 1 saturated carbocycles. The summed E-state index contributed by atoms with van der Waals surface area (Å²) in [5, 5.41) is 12.3. The minimum absolute atomic E-state index is 0.197. The molecule has 0 aromatic rings. The van der Waals surface area contributed by atoms with Crippen LogP contribution < -0.4 is 5.32 Å².